The number of fused-ring (bicyclic) bond motifs is 9. The summed E-state index contributed by atoms with van der Waals surface area (Å²) in [5.74, 6) is 0. The highest BCUT2D eigenvalue weighted by molar-refractivity contribution is 7.26. The Morgan fingerprint density at radius 3 is 1.74 bits per heavy atom. The number of anilines is 3. The SMILES string of the molecule is c1ccc(-c2ccc(N(c3ccc4c(-c5cc6ccccc6c6ccccc56)cccc4c3)c3cc4ccccc4c4sc5ccccc5c34)cc2)cc1. The highest BCUT2D eigenvalue weighted by atomic mass is 32.1. The lowest BCUT2D eigenvalue weighted by atomic mass is 9.90. The van der Waals surface area contributed by atoms with Crippen molar-refractivity contribution in [2.75, 3.05) is 4.90 Å². The lowest BCUT2D eigenvalue weighted by molar-refractivity contribution is 1.31. The summed E-state index contributed by atoms with van der Waals surface area (Å²) < 4.78 is 2.62. The van der Waals surface area contributed by atoms with Crippen LogP contribution in [0.5, 0.6) is 0 Å². The Morgan fingerprint density at radius 2 is 0.926 bits per heavy atom. The van der Waals surface area contributed by atoms with Gasteiger partial charge in [-0.05, 0) is 108 Å². The van der Waals surface area contributed by atoms with Gasteiger partial charge in [0.15, 0.2) is 0 Å². The number of thiophene rings is 1. The summed E-state index contributed by atoms with van der Waals surface area (Å²) >= 11 is 1.89. The van der Waals surface area contributed by atoms with Gasteiger partial charge in [0.05, 0.1) is 5.69 Å². The quantitative estimate of drug-likeness (QED) is 0.161. The lowest BCUT2D eigenvalue weighted by Crippen LogP contribution is -2.10. The fraction of sp³-hybridized carbons (Fsp3) is 0. The van der Waals surface area contributed by atoms with Crippen molar-refractivity contribution < 1.29 is 0 Å². The van der Waals surface area contributed by atoms with Gasteiger partial charge >= 0.3 is 0 Å². The molecule has 0 aliphatic rings. The van der Waals surface area contributed by atoms with Crippen molar-refractivity contribution in [1.82, 2.24) is 0 Å². The van der Waals surface area contributed by atoms with Gasteiger partial charge in [-0.15, -0.1) is 11.3 Å². The zero-order valence-electron chi connectivity index (χ0n) is 29.4. The van der Waals surface area contributed by atoms with Crippen molar-refractivity contribution in [3.63, 3.8) is 0 Å². The molecule has 1 aromatic heterocycles. The van der Waals surface area contributed by atoms with Gasteiger partial charge in [0.1, 0.15) is 0 Å². The Hall–Kier alpha value is -6.74. The van der Waals surface area contributed by atoms with Crippen molar-refractivity contribution in [2.24, 2.45) is 0 Å². The van der Waals surface area contributed by atoms with Crippen LogP contribution in [0.2, 0.25) is 0 Å². The van der Waals surface area contributed by atoms with E-state index in [1.165, 1.54) is 91.2 Å². The minimum atomic E-state index is 1.12. The van der Waals surface area contributed by atoms with Crippen molar-refractivity contribution in [3.05, 3.63) is 200 Å². The molecule has 10 aromatic carbocycles. The maximum atomic E-state index is 2.47. The molecule has 252 valence electrons. The molecule has 0 bridgehead atoms. The second-order valence-electron chi connectivity index (χ2n) is 14.1. The number of benzene rings is 10. The molecule has 0 unspecified atom stereocenters. The van der Waals surface area contributed by atoms with Gasteiger partial charge in [-0.2, -0.15) is 0 Å². The lowest BCUT2D eigenvalue weighted by Gasteiger charge is -2.28. The van der Waals surface area contributed by atoms with Gasteiger partial charge in [-0.25, -0.2) is 0 Å². The molecule has 0 aliphatic heterocycles. The van der Waals surface area contributed by atoms with Crippen molar-refractivity contribution in [1.29, 1.82) is 0 Å². The van der Waals surface area contributed by atoms with Gasteiger partial charge in [0.25, 0.3) is 0 Å². The molecule has 0 atom stereocenters. The first-order valence-electron chi connectivity index (χ1n) is 18.5. The third-order valence-corrected chi connectivity index (χ3v) is 12.2. The van der Waals surface area contributed by atoms with Crippen molar-refractivity contribution in [3.8, 4) is 22.3 Å². The average Bonchev–Trinajstić information content (AvgIpc) is 3.64. The van der Waals surface area contributed by atoms with E-state index in [0.29, 0.717) is 0 Å². The summed E-state index contributed by atoms with van der Waals surface area (Å²) in [5, 5.41) is 12.7. The third-order valence-electron chi connectivity index (χ3n) is 11.0. The predicted molar refractivity (Wildman–Crippen MR) is 235 cm³/mol. The standard InChI is InChI=1S/C52H33NS/c1-2-13-34(14-3-1)35-25-27-39(28-26-35)53(49-33-38-16-5-7-19-43(38)52-51(49)47-22-10-11-24-50(47)54-52)40-29-30-42-36(31-40)17-12-23-45(42)48-32-37-15-4-6-18-41(37)44-20-8-9-21-46(44)48/h1-33H. The normalized spacial score (nSPS) is 11.7. The molecule has 54 heavy (non-hydrogen) atoms. The molecule has 2 heteroatoms. The molecule has 0 N–H and O–H groups in total. The minimum Gasteiger partial charge on any atom is -0.310 e. The number of nitrogens with zero attached hydrogens (tertiary/aromatic N) is 1. The van der Waals surface area contributed by atoms with Crippen LogP contribution in [0.25, 0.3) is 85.5 Å². The van der Waals surface area contributed by atoms with Crippen LogP contribution in [0.15, 0.2) is 200 Å². The van der Waals surface area contributed by atoms with Crippen LogP contribution in [0.1, 0.15) is 0 Å². The fourth-order valence-electron chi connectivity index (χ4n) is 8.50. The predicted octanol–water partition coefficient (Wildman–Crippen LogP) is 15.5. The van der Waals surface area contributed by atoms with E-state index < -0.39 is 0 Å². The number of rotatable bonds is 5. The average molecular weight is 704 g/mol. The molecule has 0 radical (unpaired) electrons. The van der Waals surface area contributed by atoms with Gasteiger partial charge in [0.2, 0.25) is 0 Å². The van der Waals surface area contributed by atoms with Crippen LogP contribution < -0.4 is 4.90 Å². The summed E-state index contributed by atoms with van der Waals surface area (Å²) in [6, 6.07) is 73.5. The van der Waals surface area contributed by atoms with Crippen LogP contribution in [-0.4, -0.2) is 0 Å². The van der Waals surface area contributed by atoms with Crippen LogP contribution in [0.4, 0.5) is 17.1 Å². The molecule has 11 rings (SSSR count). The van der Waals surface area contributed by atoms with E-state index in [1.807, 2.05) is 11.3 Å². The Kier molecular flexibility index (Phi) is 7.11. The summed E-state index contributed by atoms with van der Waals surface area (Å²) in [5.41, 5.74) is 8.36. The largest absolute Gasteiger partial charge is 0.310 e. The molecule has 0 spiro atoms. The van der Waals surface area contributed by atoms with Crippen molar-refractivity contribution >= 4 is 91.7 Å². The number of hydrogen-bond donors (Lipinski definition) is 0. The third kappa shape index (κ3) is 4.92. The Balaban J connectivity index is 1.16. The maximum Gasteiger partial charge on any atom is 0.0561 e. The summed E-state index contributed by atoms with van der Waals surface area (Å²) in [6.07, 6.45) is 0. The number of hydrogen-bond acceptors (Lipinski definition) is 2. The first kappa shape index (κ1) is 30.8. The summed E-state index contributed by atoms with van der Waals surface area (Å²) in [6.45, 7) is 0. The molecular weight excluding hydrogens is 671 g/mol. The van der Waals surface area contributed by atoms with Crippen LogP contribution >= 0.6 is 11.3 Å². The topological polar surface area (TPSA) is 3.24 Å². The first-order chi connectivity index (χ1) is 26.8. The van der Waals surface area contributed by atoms with Gasteiger partial charge < -0.3 is 4.90 Å². The Morgan fingerprint density at radius 1 is 0.333 bits per heavy atom. The fourth-order valence-corrected chi connectivity index (χ4v) is 9.76. The monoisotopic (exact) mass is 703 g/mol. The van der Waals surface area contributed by atoms with Crippen LogP contribution in [-0.2, 0) is 0 Å². The van der Waals surface area contributed by atoms with Crippen LogP contribution in [0.3, 0.4) is 0 Å². The summed E-state index contributed by atoms with van der Waals surface area (Å²) in [7, 11) is 0. The highest BCUT2D eigenvalue weighted by Crippen LogP contribution is 2.49. The molecule has 1 nitrogen and oxygen atoms in total. The molecule has 1 heterocycles. The van der Waals surface area contributed by atoms with Gasteiger partial charge in [-0.3, -0.25) is 0 Å². The maximum absolute atomic E-state index is 2.47. The zero-order chi connectivity index (χ0) is 35.6. The molecule has 0 aliphatic carbocycles. The minimum absolute atomic E-state index is 1.12. The second-order valence-corrected chi connectivity index (χ2v) is 15.1. The van der Waals surface area contributed by atoms with E-state index in [1.54, 1.807) is 0 Å². The summed E-state index contributed by atoms with van der Waals surface area (Å²) in [4.78, 5) is 2.47. The van der Waals surface area contributed by atoms with Gasteiger partial charge in [0, 0.05) is 31.5 Å². The van der Waals surface area contributed by atoms with E-state index in [9.17, 15) is 0 Å². The Labute approximate surface area is 317 Å². The highest BCUT2D eigenvalue weighted by Gasteiger charge is 2.22. The molecular formula is C52H33NS. The Bertz CT molecular complexity index is 3210. The van der Waals surface area contributed by atoms with Crippen molar-refractivity contribution in [2.45, 2.75) is 0 Å². The molecule has 0 fully saturated rings. The van der Waals surface area contributed by atoms with E-state index in [0.717, 1.165) is 11.4 Å². The van der Waals surface area contributed by atoms with Crippen LogP contribution in [0, 0.1) is 0 Å². The molecule has 0 saturated heterocycles. The molecule has 0 saturated carbocycles. The molecule has 11 aromatic rings. The zero-order valence-corrected chi connectivity index (χ0v) is 30.2. The van der Waals surface area contributed by atoms with E-state index in [-0.39, 0.29) is 0 Å². The van der Waals surface area contributed by atoms with E-state index in [2.05, 4.69) is 205 Å². The molecule has 0 amide bonds. The van der Waals surface area contributed by atoms with E-state index in [4.69, 9.17) is 0 Å². The van der Waals surface area contributed by atoms with E-state index >= 15 is 0 Å². The first-order valence-corrected chi connectivity index (χ1v) is 19.3. The smallest absolute Gasteiger partial charge is 0.0561 e. The second kappa shape index (κ2) is 12.4. The van der Waals surface area contributed by atoms with Gasteiger partial charge in [-0.1, -0.05) is 158 Å².